The van der Waals surface area contributed by atoms with Crippen LogP contribution >= 0.6 is 11.8 Å². The quantitative estimate of drug-likeness (QED) is 0.451. The van der Waals surface area contributed by atoms with Gasteiger partial charge in [-0.25, -0.2) is 4.39 Å². The van der Waals surface area contributed by atoms with Crippen molar-refractivity contribution < 1.29 is 18.7 Å². The van der Waals surface area contributed by atoms with Crippen LogP contribution in [0.3, 0.4) is 0 Å². The molecule has 1 N–H and O–H groups in total. The van der Waals surface area contributed by atoms with Gasteiger partial charge in [-0.2, -0.15) is 4.98 Å². The standard InChI is InChI=1S/C23H22FN3O4S/c1-27-21-20(22(29)26-23(27)32-12-13-4-6-14(24)7-5-13)17(11-19(28)25-21)16-9-8-15(30-2)10-18(16)31-3/h4-10,17H,11-12H2,1-3H3,(H,25,28). The summed E-state index contributed by atoms with van der Waals surface area (Å²) in [5.74, 6) is 1.07. The van der Waals surface area contributed by atoms with Crippen LogP contribution in [0.2, 0.25) is 0 Å². The zero-order chi connectivity index (χ0) is 22.8. The van der Waals surface area contributed by atoms with Crippen molar-refractivity contribution in [3.05, 3.63) is 75.3 Å². The minimum absolute atomic E-state index is 0.106. The summed E-state index contributed by atoms with van der Waals surface area (Å²) in [6.07, 6.45) is 0.106. The number of hydrogen-bond acceptors (Lipinski definition) is 6. The lowest BCUT2D eigenvalue weighted by atomic mass is 9.86. The summed E-state index contributed by atoms with van der Waals surface area (Å²) in [6.45, 7) is 0. The second-order valence-electron chi connectivity index (χ2n) is 7.35. The first-order chi connectivity index (χ1) is 15.4. The number of ether oxygens (including phenoxy) is 2. The normalized spacial score (nSPS) is 15.1. The van der Waals surface area contributed by atoms with Crippen molar-refractivity contribution in [3.8, 4) is 11.5 Å². The molecule has 3 aromatic rings. The molecule has 1 aromatic heterocycles. The Balaban J connectivity index is 1.73. The predicted molar refractivity (Wildman–Crippen MR) is 120 cm³/mol. The highest BCUT2D eigenvalue weighted by molar-refractivity contribution is 7.98. The number of nitrogens with zero attached hydrogens (tertiary/aromatic N) is 2. The van der Waals surface area contributed by atoms with Crippen molar-refractivity contribution in [1.82, 2.24) is 9.55 Å². The molecule has 1 unspecified atom stereocenters. The average Bonchev–Trinajstić information content (AvgIpc) is 2.80. The number of hydrogen-bond donors (Lipinski definition) is 1. The minimum atomic E-state index is -0.498. The van der Waals surface area contributed by atoms with E-state index in [1.54, 1.807) is 49.1 Å². The molecule has 4 rings (SSSR count). The van der Waals surface area contributed by atoms with Gasteiger partial charge in [0.2, 0.25) is 5.91 Å². The Morgan fingerprint density at radius 2 is 1.91 bits per heavy atom. The Kier molecular flexibility index (Phi) is 6.18. The highest BCUT2D eigenvalue weighted by Crippen LogP contribution is 2.40. The Hall–Kier alpha value is -3.33. The lowest BCUT2D eigenvalue weighted by Gasteiger charge is -2.28. The smallest absolute Gasteiger partial charge is 0.279 e. The first-order valence-electron chi connectivity index (χ1n) is 9.91. The van der Waals surface area contributed by atoms with Crippen LogP contribution in [0.25, 0.3) is 0 Å². The topological polar surface area (TPSA) is 82.5 Å². The Morgan fingerprint density at radius 3 is 2.59 bits per heavy atom. The monoisotopic (exact) mass is 455 g/mol. The third kappa shape index (κ3) is 4.20. The number of halogens is 1. The van der Waals surface area contributed by atoms with E-state index in [0.29, 0.717) is 33.8 Å². The number of rotatable bonds is 6. The Bertz CT molecular complexity index is 1230. The van der Waals surface area contributed by atoms with E-state index >= 15 is 0 Å². The van der Waals surface area contributed by atoms with E-state index in [-0.39, 0.29) is 18.1 Å². The summed E-state index contributed by atoms with van der Waals surface area (Å²) in [4.78, 5) is 30.0. The maximum absolute atomic E-state index is 13.1. The van der Waals surface area contributed by atoms with Gasteiger partial charge in [0.15, 0.2) is 5.16 Å². The number of carbonyl (C=O) groups excluding carboxylic acids is 1. The molecule has 0 radical (unpaired) electrons. The van der Waals surface area contributed by atoms with E-state index in [2.05, 4.69) is 10.3 Å². The van der Waals surface area contributed by atoms with Crippen LogP contribution in [-0.2, 0) is 17.6 Å². The largest absolute Gasteiger partial charge is 0.497 e. The van der Waals surface area contributed by atoms with Crippen molar-refractivity contribution in [3.63, 3.8) is 0 Å². The molecule has 2 heterocycles. The zero-order valence-electron chi connectivity index (χ0n) is 17.8. The predicted octanol–water partition coefficient (Wildman–Crippen LogP) is 3.70. The maximum Gasteiger partial charge on any atom is 0.279 e. The summed E-state index contributed by atoms with van der Waals surface area (Å²) >= 11 is 1.34. The molecule has 0 saturated carbocycles. The van der Waals surface area contributed by atoms with Crippen molar-refractivity contribution in [2.45, 2.75) is 23.2 Å². The van der Waals surface area contributed by atoms with Crippen LogP contribution in [0.1, 0.15) is 29.0 Å². The van der Waals surface area contributed by atoms with Crippen LogP contribution in [0, 0.1) is 5.82 Å². The number of fused-ring (bicyclic) bond motifs is 1. The fourth-order valence-corrected chi connectivity index (χ4v) is 4.69. The summed E-state index contributed by atoms with van der Waals surface area (Å²) in [5, 5.41) is 3.29. The summed E-state index contributed by atoms with van der Waals surface area (Å²) in [5.41, 5.74) is 1.63. The van der Waals surface area contributed by atoms with Gasteiger partial charge >= 0.3 is 0 Å². The van der Waals surface area contributed by atoms with Gasteiger partial charge in [-0.3, -0.25) is 9.59 Å². The lowest BCUT2D eigenvalue weighted by Crippen LogP contribution is -2.33. The molecule has 0 spiro atoms. The molecule has 2 aromatic carbocycles. The molecule has 1 aliphatic rings. The van der Waals surface area contributed by atoms with Crippen LogP contribution in [0.15, 0.2) is 52.4 Å². The molecule has 9 heteroatoms. The van der Waals surface area contributed by atoms with Gasteiger partial charge in [0.1, 0.15) is 23.1 Å². The second kappa shape index (κ2) is 9.04. The number of methoxy groups -OCH3 is 2. The van der Waals surface area contributed by atoms with Gasteiger partial charge in [-0.05, 0) is 23.8 Å². The van der Waals surface area contributed by atoms with Gasteiger partial charge in [-0.1, -0.05) is 30.0 Å². The number of carbonyl (C=O) groups is 1. The third-order valence-corrected chi connectivity index (χ3v) is 6.50. The average molecular weight is 456 g/mol. The molecule has 0 aliphatic carbocycles. The fourth-order valence-electron chi connectivity index (χ4n) is 3.76. The van der Waals surface area contributed by atoms with Gasteiger partial charge in [0.05, 0.1) is 19.8 Å². The first kappa shape index (κ1) is 21.9. The molecular weight excluding hydrogens is 433 g/mol. The number of anilines is 1. The van der Waals surface area contributed by atoms with Gasteiger partial charge in [0.25, 0.3) is 5.56 Å². The van der Waals surface area contributed by atoms with Crippen molar-refractivity contribution >= 4 is 23.5 Å². The van der Waals surface area contributed by atoms with E-state index in [4.69, 9.17) is 9.47 Å². The number of benzene rings is 2. The minimum Gasteiger partial charge on any atom is -0.497 e. The van der Waals surface area contributed by atoms with Crippen LogP contribution in [0.5, 0.6) is 11.5 Å². The van der Waals surface area contributed by atoms with Crippen molar-refractivity contribution in [2.24, 2.45) is 7.05 Å². The third-order valence-electron chi connectivity index (χ3n) is 5.40. The van der Waals surface area contributed by atoms with E-state index in [1.807, 2.05) is 0 Å². The number of aromatic nitrogens is 2. The molecule has 1 aliphatic heterocycles. The van der Waals surface area contributed by atoms with E-state index in [9.17, 15) is 14.0 Å². The molecule has 32 heavy (non-hydrogen) atoms. The zero-order valence-corrected chi connectivity index (χ0v) is 18.7. The number of amides is 1. The summed E-state index contributed by atoms with van der Waals surface area (Å²) in [7, 11) is 4.85. The Morgan fingerprint density at radius 1 is 1.16 bits per heavy atom. The van der Waals surface area contributed by atoms with Crippen molar-refractivity contribution in [1.29, 1.82) is 0 Å². The van der Waals surface area contributed by atoms with E-state index < -0.39 is 11.5 Å². The molecule has 1 atom stereocenters. The Labute approximate surface area is 188 Å². The van der Waals surface area contributed by atoms with Crippen molar-refractivity contribution in [2.75, 3.05) is 19.5 Å². The molecular formula is C23H22FN3O4S. The van der Waals surface area contributed by atoms with Gasteiger partial charge in [0, 0.05) is 36.8 Å². The molecule has 7 nitrogen and oxygen atoms in total. The summed E-state index contributed by atoms with van der Waals surface area (Å²) < 4.78 is 25.6. The molecule has 1 amide bonds. The van der Waals surface area contributed by atoms with Gasteiger partial charge in [-0.15, -0.1) is 0 Å². The summed E-state index contributed by atoms with van der Waals surface area (Å²) in [6, 6.07) is 11.5. The highest BCUT2D eigenvalue weighted by atomic mass is 32.2. The van der Waals surface area contributed by atoms with Crippen LogP contribution < -0.4 is 20.3 Å². The maximum atomic E-state index is 13.1. The fraction of sp³-hybridized carbons (Fsp3) is 0.261. The van der Waals surface area contributed by atoms with E-state index in [1.165, 1.54) is 31.0 Å². The van der Waals surface area contributed by atoms with Crippen LogP contribution in [-0.4, -0.2) is 29.7 Å². The molecule has 166 valence electrons. The SMILES string of the molecule is COc1ccc(C2CC(=O)Nc3c2c(=O)nc(SCc2ccc(F)cc2)n3C)c(OC)c1. The molecule has 0 saturated heterocycles. The highest BCUT2D eigenvalue weighted by Gasteiger charge is 2.33. The second-order valence-corrected chi connectivity index (χ2v) is 8.29. The van der Waals surface area contributed by atoms with Gasteiger partial charge < -0.3 is 19.4 Å². The lowest BCUT2D eigenvalue weighted by molar-refractivity contribution is -0.116. The first-order valence-corrected chi connectivity index (χ1v) is 10.9. The molecule has 0 bridgehead atoms. The number of thioether (sulfide) groups is 1. The molecule has 0 fully saturated rings. The van der Waals surface area contributed by atoms with Crippen LogP contribution in [0.4, 0.5) is 10.2 Å². The van der Waals surface area contributed by atoms with E-state index in [0.717, 1.165) is 11.1 Å². The number of nitrogens with one attached hydrogen (secondary N) is 1.